The smallest absolute Gasteiger partial charge is 0.325 e. The zero-order valence-electron chi connectivity index (χ0n) is 17.1. The number of hydrogen-bond donors (Lipinski definition) is 3. The van der Waals surface area contributed by atoms with E-state index in [-0.39, 0.29) is 36.9 Å². The number of rotatable bonds is 8. The van der Waals surface area contributed by atoms with Crippen LogP contribution < -0.4 is 10.6 Å². The Labute approximate surface area is 179 Å². The highest BCUT2D eigenvalue weighted by atomic mass is 32.2. The summed E-state index contributed by atoms with van der Waals surface area (Å²) in [6.45, 7) is 0.0909. The summed E-state index contributed by atoms with van der Waals surface area (Å²) in [5.74, 6) is 1.21. The van der Waals surface area contributed by atoms with Crippen molar-refractivity contribution in [1.29, 1.82) is 0 Å². The van der Waals surface area contributed by atoms with Gasteiger partial charge in [-0.1, -0.05) is 25.0 Å². The van der Waals surface area contributed by atoms with Crippen LogP contribution in [0.25, 0.3) is 11.0 Å². The third kappa shape index (κ3) is 4.03. The summed E-state index contributed by atoms with van der Waals surface area (Å²) in [6.07, 6.45) is 6.08. The summed E-state index contributed by atoms with van der Waals surface area (Å²) < 4.78 is 0. The van der Waals surface area contributed by atoms with Crippen molar-refractivity contribution in [3.05, 3.63) is 30.1 Å². The molecule has 1 aromatic carbocycles. The summed E-state index contributed by atoms with van der Waals surface area (Å²) in [5, 5.41) is 5.88. The van der Waals surface area contributed by atoms with E-state index in [1.165, 1.54) is 4.90 Å². The molecule has 1 saturated carbocycles. The van der Waals surface area contributed by atoms with Crippen molar-refractivity contribution in [1.82, 2.24) is 25.5 Å². The summed E-state index contributed by atoms with van der Waals surface area (Å²) >= 11 is 1.70. The molecule has 8 nitrogen and oxygen atoms in total. The molecule has 4 rings (SSSR count). The van der Waals surface area contributed by atoms with Crippen molar-refractivity contribution >= 4 is 40.6 Å². The topological polar surface area (TPSA) is 107 Å². The molecule has 0 radical (unpaired) electrons. The maximum absolute atomic E-state index is 12.7. The average Bonchev–Trinajstić information content (AvgIpc) is 3.43. The van der Waals surface area contributed by atoms with Gasteiger partial charge in [-0.05, 0) is 43.4 Å². The van der Waals surface area contributed by atoms with Gasteiger partial charge in [-0.2, -0.15) is 11.8 Å². The number of carbonyl (C=O) groups excluding carboxylic acids is 3. The highest BCUT2D eigenvalue weighted by molar-refractivity contribution is 7.98. The van der Waals surface area contributed by atoms with Crippen LogP contribution in [-0.4, -0.2) is 56.8 Å². The normalized spacial score (nSPS) is 18.9. The molecule has 3 N–H and O–H groups in total. The third-order valence-electron chi connectivity index (χ3n) is 5.95. The first-order valence-corrected chi connectivity index (χ1v) is 11.8. The lowest BCUT2D eigenvalue weighted by Crippen LogP contribution is -2.44. The Kier molecular flexibility index (Phi) is 5.99. The molecular weight excluding hydrogens is 402 g/mol. The number of thioether (sulfide) groups is 1. The Morgan fingerprint density at radius 3 is 2.80 bits per heavy atom. The number of hydrogen-bond acceptors (Lipinski definition) is 5. The summed E-state index contributed by atoms with van der Waals surface area (Å²) in [6, 6.07) is 7.12. The highest BCUT2D eigenvalue weighted by Gasteiger charge is 2.52. The minimum atomic E-state index is -0.733. The molecule has 1 atom stereocenters. The Bertz CT molecular complexity index is 920. The van der Waals surface area contributed by atoms with Crippen molar-refractivity contribution in [2.45, 2.75) is 50.1 Å². The van der Waals surface area contributed by atoms with Crippen molar-refractivity contribution in [3.8, 4) is 0 Å². The second-order valence-electron chi connectivity index (χ2n) is 7.97. The van der Waals surface area contributed by atoms with Crippen LogP contribution in [0, 0.1) is 0 Å². The minimum absolute atomic E-state index is 0.0746. The number of amides is 4. The number of para-hydroxylation sites is 2. The van der Waals surface area contributed by atoms with Crippen LogP contribution in [0.4, 0.5) is 4.79 Å². The van der Waals surface area contributed by atoms with Crippen LogP contribution in [-0.2, 0) is 9.59 Å². The van der Waals surface area contributed by atoms with E-state index in [0.717, 1.165) is 41.9 Å². The SMILES string of the molecule is CSCC[C@@H](NC(=O)CCN1C(=O)NC2(CCCC2)C1=O)c1nc2ccccc2[nH]1. The number of nitrogens with zero attached hydrogens (tertiary/aromatic N) is 2. The fourth-order valence-corrected chi connectivity index (χ4v) is 4.80. The Morgan fingerprint density at radius 1 is 1.30 bits per heavy atom. The zero-order valence-corrected chi connectivity index (χ0v) is 17.9. The molecule has 1 aromatic heterocycles. The molecule has 2 aromatic rings. The molecule has 30 heavy (non-hydrogen) atoms. The van der Waals surface area contributed by atoms with Gasteiger partial charge >= 0.3 is 6.03 Å². The third-order valence-corrected chi connectivity index (χ3v) is 6.59. The Hall–Kier alpha value is -2.55. The molecule has 0 unspecified atom stereocenters. The number of aromatic nitrogens is 2. The molecule has 9 heteroatoms. The van der Waals surface area contributed by atoms with Gasteiger partial charge in [0.05, 0.1) is 17.1 Å². The number of urea groups is 1. The molecule has 4 amide bonds. The van der Waals surface area contributed by atoms with Crippen LogP contribution in [0.2, 0.25) is 0 Å². The molecule has 1 aliphatic heterocycles. The van der Waals surface area contributed by atoms with Crippen LogP contribution in [0.3, 0.4) is 0 Å². The Morgan fingerprint density at radius 2 is 2.07 bits per heavy atom. The van der Waals surface area contributed by atoms with Crippen molar-refractivity contribution < 1.29 is 14.4 Å². The molecule has 1 spiro atoms. The number of benzene rings is 1. The second kappa shape index (κ2) is 8.67. The fourth-order valence-electron chi connectivity index (χ4n) is 4.33. The van der Waals surface area contributed by atoms with Gasteiger partial charge in [-0.3, -0.25) is 14.5 Å². The van der Waals surface area contributed by atoms with E-state index in [1.54, 1.807) is 11.8 Å². The number of imidazole rings is 1. The molecule has 160 valence electrons. The summed E-state index contributed by atoms with van der Waals surface area (Å²) in [5.41, 5.74) is 1.05. The van der Waals surface area contributed by atoms with Gasteiger partial charge in [0.2, 0.25) is 5.91 Å². The lowest BCUT2D eigenvalue weighted by atomic mass is 9.98. The Balaban J connectivity index is 1.39. The summed E-state index contributed by atoms with van der Waals surface area (Å²) in [4.78, 5) is 46.8. The maximum Gasteiger partial charge on any atom is 0.325 e. The monoisotopic (exact) mass is 429 g/mol. The largest absolute Gasteiger partial charge is 0.346 e. The molecule has 1 aliphatic carbocycles. The molecule has 2 heterocycles. The first-order chi connectivity index (χ1) is 14.5. The van der Waals surface area contributed by atoms with Crippen molar-refractivity contribution in [2.75, 3.05) is 18.6 Å². The minimum Gasteiger partial charge on any atom is -0.346 e. The first kappa shape index (κ1) is 20.7. The van der Waals surface area contributed by atoms with Crippen LogP contribution >= 0.6 is 11.8 Å². The van der Waals surface area contributed by atoms with Gasteiger partial charge < -0.3 is 15.6 Å². The number of carbonyl (C=O) groups is 3. The van der Waals surface area contributed by atoms with E-state index in [1.807, 2.05) is 30.5 Å². The number of imide groups is 1. The van der Waals surface area contributed by atoms with Gasteiger partial charge in [0, 0.05) is 13.0 Å². The van der Waals surface area contributed by atoms with E-state index in [4.69, 9.17) is 0 Å². The number of fused-ring (bicyclic) bond motifs is 1. The standard InChI is InChI=1S/C21H27N5O3S/c1-30-13-9-16(18-23-14-6-2-3-7-15(14)24-18)22-17(27)8-12-26-19(28)21(25-20(26)29)10-4-5-11-21/h2-3,6-7,16H,4-5,8-13H2,1H3,(H,22,27)(H,23,24)(H,25,29)/t16-/m1/s1. The quantitative estimate of drug-likeness (QED) is 0.560. The van der Waals surface area contributed by atoms with Crippen LogP contribution in [0.15, 0.2) is 24.3 Å². The highest BCUT2D eigenvalue weighted by Crippen LogP contribution is 2.35. The zero-order chi connectivity index (χ0) is 21.1. The second-order valence-corrected chi connectivity index (χ2v) is 8.95. The lowest BCUT2D eigenvalue weighted by molar-refractivity contribution is -0.131. The molecule has 1 saturated heterocycles. The number of H-pyrrole nitrogens is 1. The summed E-state index contributed by atoms with van der Waals surface area (Å²) in [7, 11) is 0. The van der Waals surface area contributed by atoms with E-state index in [0.29, 0.717) is 12.8 Å². The van der Waals surface area contributed by atoms with Gasteiger partial charge in [0.15, 0.2) is 0 Å². The van der Waals surface area contributed by atoms with Gasteiger partial charge in [-0.15, -0.1) is 0 Å². The van der Waals surface area contributed by atoms with Gasteiger partial charge in [-0.25, -0.2) is 9.78 Å². The number of nitrogens with one attached hydrogen (secondary N) is 3. The van der Waals surface area contributed by atoms with E-state index in [9.17, 15) is 14.4 Å². The maximum atomic E-state index is 12.7. The van der Waals surface area contributed by atoms with Crippen LogP contribution in [0.1, 0.15) is 50.4 Å². The molecule has 0 bridgehead atoms. The van der Waals surface area contributed by atoms with Crippen molar-refractivity contribution in [3.63, 3.8) is 0 Å². The predicted octanol–water partition coefficient (Wildman–Crippen LogP) is 2.73. The fraction of sp³-hybridized carbons (Fsp3) is 0.524. The number of aromatic amines is 1. The van der Waals surface area contributed by atoms with E-state index >= 15 is 0 Å². The molecule has 2 fully saturated rings. The predicted molar refractivity (Wildman–Crippen MR) is 116 cm³/mol. The van der Waals surface area contributed by atoms with E-state index in [2.05, 4.69) is 20.6 Å². The molecular formula is C21H27N5O3S. The van der Waals surface area contributed by atoms with Gasteiger partial charge in [0.25, 0.3) is 5.91 Å². The first-order valence-electron chi connectivity index (χ1n) is 10.4. The molecule has 2 aliphatic rings. The van der Waals surface area contributed by atoms with Gasteiger partial charge in [0.1, 0.15) is 11.4 Å². The van der Waals surface area contributed by atoms with Crippen molar-refractivity contribution in [2.24, 2.45) is 0 Å². The lowest BCUT2D eigenvalue weighted by Gasteiger charge is -2.20. The van der Waals surface area contributed by atoms with E-state index < -0.39 is 5.54 Å². The average molecular weight is 430 g/mol. The van der Waals surface area contributed by atoms with Crippen LogP contribution in [0.5, 0.6) is 0 Å².